The van der Waals surface area contributed by atoms with Gasteiger partial charge in [-0.25, -0.2) is 0 Å². The van der Waals surface area contributed by atoms with E-state index in [9.17, 15) is 0 Å². The van der Waals surface area contributed by atoms with Crippen LogP contribution in [0.1, 0.15) is 24.5 Å². The molecule has 0 radical (unpaired) electrons. The first-order valence-corrected chi connectivity index (χ1v) is 5.83. The molecule has 0 saturated heterocycles. The maximum atomic E-state index is 3.99. The highest BCUT2D eigenvalue weighted by atomic mass is 15.1. The molecule has 0 bridgehead atoms. The summed E-state index contributed by atoms with van der Waals surface area (Å²) in [5.41, 5.74) is 5.35. The lowest BCUT2D eigenvalue weighted by atomic mass is 9.98. The fraction of sp³-hybridized carbons (Fsp3) is 0.333. The minimum absolute atomic E-state index is 0.999. The van der Waals surface area contributed by atoms with Crippen LogP contribution in [0.15, 0.2) is 42.6 Å². The van der Waals surface area contributed by atoms with Gasteiger partial charge in [0.1, 0.15) is 0 Å². The lowest BCUT2D eigenvalue weighted by Gasteiger charge is -2.28. The zero-order valence-electron chi connectivity index (χ0n) is 10.2. The standard InChI is InChI=1S/C15H19N/c1-12(2)16-9-7-14(8-10-16)15-6-4-5-13(3)11-15/h4-7,11H,1,8-10H2,2-3H3. The van der Waals surface area contributed by atoms with Crippen molar-refractivity contribution in [2.75, 3.05) is 13.1 Å². The molecule has 1 heterocycles. The quantitative estimate of drug-likeness (QED) is 0.725. The van der Waals surface area contributed by atoms with Crippen LogP contribution in [0.5, 0.6) is 0 Å². The summed E-state index contributed by atoms with van der Waals surface area (Å²) in [4.78, 5) is 2.32. The fourth-order valence-corrected chi connectivity index (χ4v) is 2.12. The second-order valence-corrected chi connectivity index (χ2v) is 4.53. The molecule has 84 valence electrons. The van der Waals surface area contributed by atoms with E-state index in [0.717, 1.165) is 19.5 Å². The molecule has 0 unspecified atom stereocenters. The monoisotopic (exact) mass is 213 g/mol. The normalized spacial score (nSPS) is 15.9. The number of hydrogen-bond donors (Lipinski definition) is 0. The van der Waals surface area contributed by atoms with E-state index in [4.69, 9.17) is 0 Å². The van der Waals surface area contributed by atoms with Crippen LogP contribution >= 0.6 is 0 Å². The van der Waals surface area contributed by atoms with Crippen LogP contribution in [0.2, 0.25) is 0 Å². The van der Waals surface area contributed by atoms with E-state index in [0.29, 0.717) is 0 Å². The van der Waals surface area contributed by atoms with E-state index in [-0.39, 0.29) is 0 Å². The minimum atomic E-state index is 0.999. The maximum Gasteiger partial charge on any atom is 0.0362 e. The summed E-state index contributed by atoms with van der Waals surface area (Å²) in [6.07, 6.45) is 3.45. The Kier molecular flexibility index (Phi) is 3.14. The minimum Gasteiger partial charge on any atom is -0.371 e. The third-order valence-corrected chi connectivity index (χ3v) is 3.14. The van der Waals surface area contributed by atoms with Crippen molar-refractivity contribution >= 4 is 5.57 Å². The summed E-state index contributed by atoms with van der Waals surface area (Å²) < 4.78 is 0. The number of benzene rings is 1. The van der Waals surface area contributed by atoms with E-state index < -0.39 is 0 Å². The summed E-state index contributed by atoms with van der Waals surface area (Å²) >= 11 is 0. The van der Waals surface area contributed by atoms with Crippen molar-refractivity contribution < 1.29 is 0 Å². The van der Waals surface area contributed by atoms with Gasteiger partial charge in [0.15, 0.2) is 0 Å². The molecule has 1 heteroatoms. The first-order chi connectivity index (χ1) is 7.66. The van der Waals surface area contributed by atoms with Gasteiger partial charge in [0, 0.05) is 18.8 Å². The van der Waals surface area contributed by atoms with Crippen molar-refractivity contribution in [2.45, 2.75) is 20.3 Å². The Morgan fingerprint density at radius 2 is 2.19 bits per heavy atom. The van der Waals surface area contributed by atoms with E-state index in [1.807, 2.05) is 0 Å². The molecule has 1 aliphatic heterocycles. The van der Waals surface area contributed by atoms with E-state index in [2.05, 4.69) is 55.7 Å². The van der Waals surface area contributed by atoms with Gasteiger partial charge >= 0.3 is 0 Å². The molecule has 0 aromatic heterocycles. The lowest BCUT2D eigenvalue weighted by Crippen LogP contribution is -2.26. The molecule has 1 nitrogen and oxygen atoms in total. The average molecular weight is 213 g/mol. The van der Waals surface area contributed by atoms with Gasteiger partial charge in [0.2, 0.25) is 0 Å². The molecule has 0 aliphatic carbocycles. The molecule has 2 rings (SSSR count). The number of nitrogens with zero attached hydrogens (tertiary/aromatic N) is 1. The maximum absolute atomic E-state index is 3.99. The van der Waals surface area contributed by atoms with E-state index in [1.165, 1.54) is 22.4 Å². The lowest BCUT2D eigenvalue weighted by molar-refractivity contribution is 0.381. The molecule has 1 aromatic carbocycles. The van der Waals surface area contributed by atoms with Crippen LogP contribution in [0.3, 0.4) is 0 Å². The van der Waals surface area contributed by atoms with Gasteiger partial charge in [0.25, 0.3) is 0 Å². The SMILES string of the molecule is C=C(C)N1CC=C(c2cccc(C)c2)CC1. The first-order valence-electron chi connectivity index (χ1n) is 5.83. The van der Waals surface area contributed by atoms with Gasteiger partial charge in [-0.1, -0.05) is 42.5 Å². The van der Waals surface area contributed by atoms with Crippen LogP contribution in [0, 0.1) is 6.92 Å². The first kappa shape index (κ1) is 11.0. The van der Waals surface area contributed by atoms with Crippen LogP contribution < -0.4 is 0 Å². The highest BCUT2D eigenvalue weighted by molar-refractivity contribution is 5.67. The van der Waals surface area contributed by atoms with Gasteiger partial charge < -0.3 is 4.90 Å². The Labute approximate surface area is 98.1 Å². The van der Waals surface area contributed by atoms with Crippen LogP contribution in [-0.4, -0.2) is 18.0 Å². The Bertz CT molecular complexity index is 429. The molecule has 1 aliphatic rings. The molecule has 1 aromatic rings. The highest BCUT2D eigenvalue weighted by Gasteiger charge is 2.11. The third-order valence-electron chi connectivity index (χ3n) is 3.14. The van der Waals surface area contributed by atoms with Crippen molar-refractivity contribution in [2.24, 2.45) is 0 Å². The van der Waals surface area contributed by atoms with Crippen molar-refractivity contribution in [3.05, 3.63) is 53.7 Å². The summed E-state index contributed by atoms with van der Waals surface area (Å²) in [6.45, 7) is 10.3. The van der Waals surface area contributed by atoms with E-state index >= 15 is 0 Å². The number of allylic oxidation sites excluding steroid dienone is 1. The second kappa shape index (κ2) is 4.56. The summed E-state index contributed by atoms with van der Waals surface area (Å²) in [5, 5.41) is 0. The van der Waals surface area contributed by atoms with Gasteiger partial charge in [-0.05, 0) is 31.4 Å². The molecular weight excluding hydrogens is 194 g/mol. The van der Waals surface area contributed by atoms with E-state index in [1.54, 1.807) is 0 Å². The van der Waals surface area contributed by atoms with Crippen LogP contribution in [0.25, 0.3) is 5.57 Å². The molecule has 0 spiro atoms. The number of hydrogen-bond acceptors (Lipinski definition) is 1. The van der Waals surface area contributed by atoms with Crippen molar-refractivity contribution in [3.63, 3.8) is 0 Å². The van der Waals surface area contributed by atoms with Crippen LogP contribution in [0.4, 0.5) is 0 Å². The summed E-state index contributed by atoms with van der Waals surface area (Å²) in [6, 6.07) is 8.75. The van der Waals surface area contributed by atoms with Gasteiger partial charge in [0.05, 0.1) is 0 Å². The third kappa shape index (κ3) is 2.35. The molecule has 0 N–H and O–H groups in total. The topological polar surface area (TPSA) is 3.24 Å². The molecule has 0 amide bonds. The smallest absolute Gasteiger partial charge is 0.0362 e. The predicted molar refractivity (Wildman–Crippen MR) is 70.2 cm³/mol. The zero-order valence-corrected chi connectivity index (χ0v) is 10.2. The van der Waals surface area contributed by atoms with Crippen molar-refractivity contribution in [3.8, 4) is 0 Å². The van der Waals surface area contributed by atoms with Crippen molar-refractivity contribution in [1.29, 1.82) is 0 Å². The van der Waals surface area contributed by atoms with Crippen LogP contribution in [-0.2, 0) is 0 Å². The Balaban J connectivity index is 2.16. The van der Waals surface area contributed by atoms with Crippen molar-refractivity contribution in [1.82, 2.24) is 4.90 Å². The van der Waals surface area contributed by atoms with Gasteiger partial charge in [-0.15, -0.1) is 0 Å². The molecule has 0 atom stereocenters. The predicted octanol–water partition coefficient (Wildman–Crippen LogP) is 3.62. The molecule has 0 saturated carbocycles. The molecular formula is C15H19N. The Hall–Kier alpha value is -1.50. The molecule has 0 fully saturated rings. The fourth-order valence-electron chi connectivity index (χ4n) is 2.12. The number of aryl methyl sites for hydroxylation is 1. The summed E-state index contributed by atoms with van der Waals surface area (Å²) in [5.74, 6) is 0. The Morgan fingerprint density at radius 1 is 1.38 bits per heavy atom. The molecule has 16 heavy (non-hydrogen) atoms. The second-order valence-electron chi connectivity index (χ2n) is 4.53. The number of rotatable bonds is 2. The largest absolute Gasteiger partial charge is 0.371 e. The van der Waals surface area contributed by atoms with Gasteiger partial charge in [-0.3, -0.25) is 0 Å². The summed E-state index contributed by atoms with van der Waals surface area (Å²) in [7, 11) is 0. The zero-order chi connectivity index (χ0) is 11.5. The highest BCUT2D eigenvalue weighted by Crippen LogP contribution is 2.24. The average Bonchev–Trinajstić information content (AvgIpc) is 2.29. The van der Waals surface area contributed by atoms with Gasteiger partial charge in [-0.2, -0.15) is 0 Å². The Morgan fingerprint density at radius 3 is 2.75 bits per heavy atom.